The molecule has 37 heavy (non-hydrogen) atoms. The highest BCUT2D eigenvalue weighted by atomic mass is 19.4. The highest BCUT2D eigenvalue weighted by Gasteiger charge is 2.36. The molecule has 200 valence electrons. The Morgan fingerprint density at radius 1 is 1.05 bits per heavy atom. The number of anilines is 1. The predicted molar refractivity (Wildman–Crippen MR) is 132 cm³/mol. The van der Waals surface area contributed by atoms with Gasteiger partial charge in [-0.1, -0.05) is 24.3 Å². The molecule has 0 radical (unpaired) electrons. The second kappa shape index (κ2) is 10.9. The number of aromatic nitrogens is 2. The van der Waals surface area contributed by atoms with E-state index in [0.29, 0.717) is 44.7 Å². The van der Waals surface area contributed by atoms with E-state index in [0.717, 1.165) is 19.5 Å². The molecule has 5 rings (SSSR count). The van der Waals surface area contributed by atoms with E-state index in [1.54, 1.807) is 11.0 Å². The Morgan fingerprint density at radius 2 is 1.81 bits per heavy atom. The zero-order valence-corrected chi connectivity index (χ0v) is 20.7. The Bertz CT molecular complexity index is 1090. The van der Waals surface area contributed by atoms with Gasteiger partial charge in [0.2, 0.25) is 0 Å². The average molecular weight is 519 g/mol. The van der Waals surface area contributed by atoms with Crippen LogP contribution in [0.2, 0.25) is 0 Å². The number of piperidine rings is 2. The normalized spacial score (nSPS) is 24.1. The Morgan fingerprint density at radius 3 is 2.54 bits per heavy atom. The molecule has 0 saturated carbocycles. The minimum Gasteiger partial charge on any atom is -0.390 e. The van der Waals surface area contributed by atoms with E-state index in [1.807, 2.05) is 6.07 Å². The lowest BCUT2D eigenvalue weighted by molar-refractivity contribution is -0.147. The fourth-order valence-corrected chi connectivity index (χ4v) is 5.74. The van der Waals surface area contributed by atoms with E-state index in [4.69, 9.17) is 0 Å². The molecule has 2 aromatic rings. The number of β-amino-alcohol motifs (C(OH)–C–C–N with tert-alkyl or cyclic N) is 1. The number of nitrogens with one attached hydrogen (secondary N) is 1. The molecule has 1 amide bonds. The van der Waals surface area contributed by atoms with E-state index in [1.165, 1.54) is 22.4 Å². The first-order chi connectivity index (χ1) is 17.7. The van der Waals surface area contributed by atoms with Crippen molar-refractivity contribution in [3.8, 4) is 0 Å². The molecule has 1 aromatic heterocycles. The number of likely N-dealkylation sites (tertiary alicyclic amines) is 2. The number of rotatable bonds is 5. The smallest absolute Gasteiger partial charge is 0.390 e. The second-order valence-electron chi connectivity index (χ2n) is 10.3. The molecule has 8 nitrogen and oxygen atoms in total. The van der Waals surface area contributed by atoms with E-state index in [2.05, 4.69) is 38.4 Å². The fourth-order valence-electron chi connectivity index (χ4n) is 5.74. The van der Waals surface area contributed by atoms with Gasteiger partial charge in [-0.05, 0) is 36.8 Å². The predicted octanol–water partition coefficient (Wildman–Crippen LogP) is 2.55. The summed E-state index contributed by atoms with van der Waals surface area (Å²) in [5, 5.41) is 14.2. The average Bonchev–Trinajstić information content (AvgIpc) is 2.88. The Labute approximate surface area is 214 Å². The number of halogens is 3. The summed E-state index contributed by atoms with van der Waals surface area (Å²) in [6.45, 7) is 2.28. The van der Waals surface area contributed by atoms with E-state index in [9.17, 15) is 23.1 Å². The van der Waals surface area contributed by atoms with Crippen LogP contribution in [-0.2, 0) is 13.0 Å². The molecule has 4 heterocycles. The van der Waals surface area contributed by atoms with Crippen LogP contribution in [0.4, 0.5) is 19.0 Å². The van der Waals surface area contributed by atoms with Gasteiger partial charge in [-0.3, -0.25) is 14.6 Å². The Balaban J connectivity index is 1.14. The number of hydrogen-bond acceptors (Lipinski definition) is 7. The summed E-state index contributed by atoms with van der Waals surface area (Å²) in [4.78, 5) is 26.9. The van der Waals surface area contributed by atoms with Gasteiger partial charge < -0.3 is 15.3 Å². The molecule has 2 N–H and O–H groups in total. The number of fused-ring (bicyclic) bond motifs is 1. The first kappa shape index (κ1) is 25.9. The van der Waals surface area contributed by atoms with Gasteiger partial charge in [-0.15, -0.1) is 0 Å². The third-order valence-corrected chi connectivity index (χ3v) is 7.69. The minimum absolute atomic E-state index is 0.00301. The monoisotopic (exact) mass is 518 g/mol. The van der Waals surface area contributed by atoms with Crippen LogP contribution in [0.1, 0.15) is 40.9 Å². The molecular weight excluding hydrogens is 485 g/mol. The van der Waals surface area contributed by atoms with Gasteiger partial charge in [0.25, 0.3) is 5.91 Å². The highest BCUT2D eigenvalue weighted by Crippen LogP contribution is 2.26. The molecule has 3 aliphatic heterocycles. The zero-order chi connectivity index (χ0) is 26.0. The Hall–Kier alpha value is -2.76. The lowest BCUT2D eigenvalue weighted by Gasteiger charge is -2.43. The SMILES string of the molecule is O=C(c1cc(NC2CCN(CC(F)(F)F)CC2)ncn1)N1CC[C@@H](N2CCc3ccccc3C2)[C@H](O)C1. The highest BCUT2D eigenvalue weighted by molar-refractivity contribution is 5.93. The summed E-state index contributed by atoms with van der Waals surface area (Å²) in [7, 11) is 0. The summed E-state index contributed by atoms with van der Waals surface area (Å²) in [5.41, 5.74) is 2.90. The molecule has 0 unspecified atom stereocenters. The van der Waals surface area contributed by atoms with Crippen molar-refractivity contribution < 1.29 is 23.1 Å². The van der Waals surface area contributed by atoms with Crippen molar-refractivity contribution in [1.82, 2.24) is 24.7 Å². The Kier molecular flexibility index (Phi) is 7.64. The molecule has 0 aliphatic carbocycles. The molecule has 11 heteroatoms. The zero-order valence-electron chi connectivity index (χ0n) is 20.7. The van der Waals surface area contributed by atoms with Crippen LogP contribution in [0.5, 0.6) is 0 Å². The van der Waals surface area contributed by atoms with Crippen molar-refractivity contribution in [2.75, 3.05) is 44.6 Å². The lowest BCUT2D eigenvalue weighted by Crippen LogP contribution is -2.56. The third-order valence-electron chi connectivity index (χ3n) is 7.69. The molecule has 0 bridgehead atoms. The third kappa shape index (κ3) is 6.39. The maximum absolute atomic E-state index is 13.2. The van der Waals surface area contributed by atoms with Gasteiger partial charge in [-0.2, -0.15) is 13.2 Å². The maximum atomic E-state index is 13.2. The molecule has 1 aromatic carbocycles. The number of aliphatic hydroxyl groups excluding tert-OH is 1. The van der Waals surface area contributed by atoms with Crippen molar-refractivity contribution in [1.29, 1.82) is 0 Å². The quantitative estimate of drug-likeness (QED) is 0.630. The summed E-state index contributed by atoms with van der Waals surface area (Å²) in [6, 6.07) is 9.97. The maximum Gasteiger partial charge on any atom is 0.401 e. The lowest BCUT2D eigenvalue weighted by atomic mass is 9.94. The van der Waals surface area contributed by atoms with Gasteiger partial charge >= 0.3 is 6.18 Å². The van der Waals surface area contributed by atoms with Gasteiger partial charge in [0.05, 0.1) is 12.6 Å². The summed E-state index contributed by atoms with van der Waals surface area (Å²) < 4.78 is 37.9. The molecule has 3 aliphatic rings. The van der Waals surface area contributed by atoms with E-state index in [-0.39, 0.29) is 30.2 Å². The van der Waals surface area contributed by atoms with E-state index < -0.39 is 18.8 Å². The van der Waals surface area contributed by atoms with Crippen molar-refractivity contribution in [2.45, 2.75) is 56.6 Å². The number of benzene rings is 1. The van der Waals surface area contributed by atoms with Crippen molar-refractivity contribution in [3.63, 3.8) is 0 Å². The topological polar surface area (TPSA) is 84.8 Å². The number of amides is 1. The van der Waals surface area contributed by atoms with Crippen molar-refractivity contribution in [3.05, 3.63) is 53.5 Å². The van der Waals surface area contributed by atoms with Gasteiger partial charge in [-0.25, -0.2) is 9.97 Å². The number of alkyl halides is 3. The number of nitrogens with zero attached hydrogens (tertiary/aromatic N) is 5. The largest absolute Gasteiger partial charge is 0.401 e. The first-order valence-electron chi connectivity index (χ1n) is 12.9. The summed E-state index contributed by atoms with van der Waals surface area (Å²) >= 11 is 0. The van der Waals surface area contributed by atoms with Gasteiger partial charge in [0.1, 0.15) is 17.8 Å². The standard InChI is InChI=1S/C26H33F3N6O2/c27-26(28,29)16-33-9-6-20(7-10-33)32-24-13-21(30-17-31-24)25(37)35-12-8-22(23(36)15-35)34-11-5-18-3-1-2-4-19(18)14-34/h1-4,13,17,20,22-23,36H,5-12,14-16H2,(H,30,31,32)/t22-,23-/m1/s1. The molecule has 2 saturated heterocycles. The van der Waals surface area contributed by atoms with Gasteiger partial charge in [0, 0.05) is 57.4 Å². The minimum atomic E-state index is -4.19. The molecular formula is C26H33F3N6O2. The first-order valence-corrected chi connectivity index (χ1v) is 12.9. The van der Waals surface area contributed by atoms with Crippen LogP contribution in [0, 0.1) is 0 Å². The molecule has 0 spiro atoms. The molecule has 2 atom stereocenters. The second-order valence-corrected chi connectivity index (χ2v) is 10.3. The summed E-state index contributed by atoms with van der Waals surface area (Å²) in [6.07, 6.45) is -0.758. The molecule has 2 fully saturated rings. The summed E-state index contributed by atoms with van der Waals surface area (Å²) in [5.74, 6) is 0.224. The van der Waals surface area contributed by atoms with Crippen molar-refractivity contribution >= 4 is 11.7 Å². The van der Waals surface area contributed by atoms with Crippen LogP contribution in [0.25, 0.3) is 0 Å². The number of aliphatic hydroxyl groups is 1. The van der Waals surface area contributed by atoms with Crippen LogP contribution in [-0.4, -0.2) is 99.3 Å². The van der Waals surface area contributed by atoms with Crippen LogP contribution in [0.15, 0.2) is 36.7 Å². The van der Waals surface area contributed by atoms with Crippen LogP contribution in [0.3, 0.4) is 0 Å². The van der Waals surface area contributed by atoms with E-state index >= 15 is 0 Å². The van der Waals surface area contributed by atoms with Crippen molar-refractivity contribution in [2.24, 2.45) is 0 Å². The number of carbonyl (C=O) groups excluding carboxylic acids is 1. The number of hydrogen-bond donors (Lipinski definition) is 2. The van der Waals surface area contributed by atoms with Gasteiger partial charge in [0.15, 0.2) is 0 Å². The van der Waals surface area contributed by atoms with Crippen LogP contribution < -0.4 is 5.32 Å². The van der Waals surface area contributed by atoms with Crippen LogP contribution >= 0.6 is 0 Å². The number of carbonyl (C=O) groups is 1. The fraction of sp³-hybridized carbons (Fsp3) is 0.577.